The van der Waals surface area contributed by atoms with E-state index in [1.807, 2.05) is 29.2 Å². The van der Waals surface area contributed by atoms with Gasteiger partial charge in [0, 0.05) is 30.5 Å². The van der Waals surface area contributed by atoms with Crippen LogP contribution in [0.25, 0.3) is 10.6 Å². The third-order valence-corrected chi connectivity index (χ3v) is 7.21. The molecule has 2 amide bonds. The Morgan fingerprint density at radius 2 is 1.94 bits per heavy atom. The van der Waals surface area contributed by atoms with Crippen LogP contribution in [0.2, 0.25) is 0 Å². The number of anilines is 1. The van der Waals surface area contributed by atoms with E-state index in [1.54, 1.807) is 7.11 Å². The molecule has 7 nitrogen and oxygen atoms in total. The van der Waals surface area contributed by atoms with Gasteiger partial charge in [0.15, 0.2) is 0 Å². The zero-order valence-corrected chi connectivity index (χ0v) is 18.8. The van der Waals surface area contributed by atoms with E-state index in [2.05, 4.69) is 15.5 Å². The third-order valence-electron chi connectivity index (χ3n) is 6.32. The van der Waals surface area contributed by atoms with Gasteiger partial charge in [0.2, 0.25) is 16.9 Å². The smallest absolute Gasteiger partial charge is 0.227 e. The van der Waals surface area contributed by atoms with Gasteiger partial charge in [-0.2, -0.15) is 0 Å². The molecule has 2 aliphatic rings. The van der Waals surface area contributed by atoms with Crippen LogP contribution in [0.1, 0.15) is 57.8 Å². The van der Waals surface area contributed by atoms with Crippen molar-refractivity contribution in [2.75, 3.05) is 19.0 Å². The Balaban J connectivity index is 1.35. The van der Waals surface area contributed by atoms with E-state index in [1.165, 1.54) is 30.6 Å². The fourth-order valence-corrected chi connectivity index (χ4v) is 5.06. The summed E-state index contributed by atoms with van der Waals surface area (Å²) in [5.74, 6) is 1.04. The average Bonchev–Trinajstić information content (AvgIpc) is 3.22. The maximum absolute atomic E-state index is 13.0. The summed E-state index contributed by atoms with van der Waals surface area (Å²) in [6.45, 7) is 0.480. The fourth-order valence-electron chi connectivity index (χ4n) is 4.31. The van der Waals surface area contributed by atoms with E-state index in [0.29, 0.717) is 11.7 Å². The number of benzene rings is 1. The number of hydrogen-bond acceptors (Lipinski definition) is 6. The summed E-state index contributed by atoms with van der Waals surface area (Å²) < 4.78 is 5.25. The standard InChI is InChI=1S/C23H30N4O3S/c1-30-19-12-6-9-17(15-19)21-25-26-23(31-21)24-20(28)13-14-27(18-10-3-2-4-11-18)22(29)16-7-5-8-16/h6,9,12,15-16,18H,2-5,7-8,10-11,13-14H2,1H3,(H,24,26,28). The van der Waals surface area contributed by atoms with Gasteiger partial charge in [0.25, 0.3) is 0 Å². The second-order valence-corrected chi connectivity index (χ2v) is 9.37. The van der Waals surface area contributed by atoms with Gasteiger partial charge in [-0.1, -0.05) is 49.2 Å². The van der Waals surface area contributed by atoms with Crippen molar-refractivity contribution in [1.82, 2.24) is 15.1 Å². The molecule has 31 heavy (non-hydrogen) atoms. The molecule has 0 aliphatic heterocycles. The summed E-state index contributed by atoms with van der Waals surface area (Å²) in [5, 5.41) is 12.3. The Kier molecular flexibility index (Phi) is 7.17. The fraction of sp³-hybridized carbons (Fsp3) is 0.565. The lowest BCUT2D eigenvalue weighted by Crippen LogP contribution is -2.47. The second-order valence-electron chi connectivity index (χ2n) is 8.39. The van der Waals surface area contributed by atoms with Gasteiger partial charge in [0.05, 0.1) is 7.11 Å². The predicted molar refractivity (Wildman–Crippen MR) is 121 cm³/mol. The van der Waals surface area contributed by atoms with Crippen LogP contribution in [0.15, 0.2) is 24.3 Å². The molecule has 0 unspecified atom stereocenters. The molecule has 2 aliphatic carbocycles. The van der Waals surface area contributed by atoms with Crippen LogP contribution in [0, 0.1) is 5.92 Å². The molecule has 1 aromatic heterocycles. The van der Waals surface area contributed by atoms with Crippen LogP contribution < -0.4 is 10.1 Å². The maximum atomic E-state index is 13.0. The topological polar surface area (TPSA) is 84.4 Å². The van der Waals surface area contributed by atoms with E-state index < -0.39 is 0 Å². The minimum atomic E-state index is -0.129. The van der Waals surface area contributed by atoms with Crippen molar-refractivity contribution in [2.24, 2.45) is 5.92 Å². The van der Waals surface area contributed by atoms with Gasteiger partial charge >= 0.3 is 0 Å². The maximum Gasteiger partial charge on any atom is 0.227 e. The second kappa shape index (κ2) is 10.2. The number of carbonyl (C=O) groups excluding carboxylic acids is 2. The minimum Gasteiger partial charge on any atom is -0.497 e. The first-order valence-electron chi connectivity index (χ1n) is 11.2. The number of hydrogen-bond donors (Lipinski definition) is 1. The molecule has 0 spiro atoms. The molecule has 0 atom stereocenters. The van der Waals surface area contributed by atoms with Crippen molar-refractivity contribution in [2.45, 2.75) is 63.8 Å². The van der Waals surface area contributed by atoms with Gasteiger partial charge < -0.3 is 15.0 Å². The lowest BCUT2D eigenvalue weighted by Gasteiger charge is -2.38. The van der Waals surface area contributed by atoms with Crippen molar-refractivity contribution in [3.8, 4) is 16.3 Å². The molecule has 1 aromatic carbocycles. The quantitative estimate of drug-likeness (QED) is 0.650. The largest absolute Gasteiger partial charge is 0.497 e. The van der Waals surface area contributed by atoms with Crippen LogP contribution >= 0.6 is 11.3 Å². The summed E-state index contributed by atoms with van der Waals surface area (Å²) in [5.41, 5.74) is 0.895. The number of aromatic nitrogens is 2. The molecular weight excluding hydrogens is 412 g/mol. The number of nitrogens with zero attached hydrogens (tertiary/aromatic N) is 3. The predicted octanol–water partition coefficient (Wildman–Crippen LogP) is 4.50. The highest BCUT2D eigenvalue weighted by Crippen LogP contribution is 2.32. The number of methoxy groups -OCH3 is 1. The molecule has 4 rings (SSSR count). The minimum absolute atomic E-state index is 0.129. The first kappa shape index (κ1) is 21.7. The lowest BCUT2D eigenvalue weighted by atomic mass is 9.83. The normalized spacial score (nSPS) is 17.1. The molecule has 1 N–H and O–H groups in total. The number of amides is 2. The Morgan fingerprint density at radius 1 is 1.13 bits per heavy atom. The van der Waals surface area contributed by atoms with E-state index >= 15 is 0 Å². The number of nitrogens with one attached hydrogen (secondary N) is 1. The van der Waals surface area contributed by atoms with Gasteiger partial charge in [-0.25, -0.2) is 0 Å². The summed E-state index contributed by atoms with van der Waals surface area (Å²) in [6.07, 6.45) is 9.10. The van der Waals surface area contributed by atoms with Crippen molar-refractivity contribution in [3.63, 3.8) is 0 Å². The molecule has 2 saturated carbocycles. The third kappa shape index (κ3) is 5.42. The van der Waals surface area contributed by atoms with Gasteiger partial charge in [-0.05, 0) is 37.8 Å². The molecule has 8 heteroatoms. The molecule has 0 radical (unpaired) electrons. The average molecular weight is 443 g/mol. The molecule has 0 bridgehead atoms. The zero-order valence-electron chi connectivity index (χ0n) is 18.0. The van der Waals surface area contributed by atoms with Crippen LogP contribution in [-0.4, -0.2) is 46.6 Å². The molecule has 2 aromatic rings. The monoisotopic (exact) mass is 442 g/mol. The van der Waals surface area contributed by atoms with Crippen molar-refractivity contribution in [1.29, 1.82) is 0 Å². The Bertz CT molecular complexity index is 906. The highest BCUT2D eigenvalue weighted by molar-refractivity contribution is 7.18. The Labute approximate surface area is 187 Å². The van der Waals surface area contributed by atoms with E-state index in [9.17, 15) is 9.59 Å². The molecule has 1 heterocycles. The highest BCUT2D eigenvalue weighted by Gasteiger charge is 2.33. The highest BCUT2D eigenvalue weighted by atomic mass is 32.1. The number of carbonyl (C=O) groups is 2. The molecule has 2 fully saturated rings. The van der Waals surface area contributed by atoms with Crippen molar-refractivity contribution < 1.29 is 14.3 Å². The SMILES string of the molecule is COc1cccc(-c2nnc(NC(=O)CCN(C(=O)C3CCC3)C3CCCCC3)s2)c1. The summed E-state index contributed by atoms with van der Waals surface area (Å²) in [4.78, 5) is 27.6. The summed E-state index contributed by atoms with van der Waals surface area (Å²) in [7, 11) is 1.62. The lowest BCUT2D eigenvalue weighted by molar-refractivity contribution is -0.141. The van der Waals surface area contributed by atoms with Crippen LogP contribution in [0.4, 0.5) is 5.13 Å². The van der Waals surface area contributed by atoms with Crippen LogP contribution in [-0.2, 0) is 9.59 Å². The van der Waals surface area contributed by atoms with E-state index in [0.717, 1.165) is 48.4 Å². The first-order chi connectivity index (χ1) is 15.1. The van der Waals surface area contributed by atoms with Gasteiger partial charge in [-0.15, -0.1) is 10.2 Å². The van der Waals surface area contributed by atoms with Gasteiger partial charge in [-0.3, -0.25) is 9.59 Å². The van der Waals surface area contributed by atoms with E-state index in [-0.39, 0.29) is 30.2 Å². The first-order valence-corrected chi connectivity index (χ1v) is 12.0. The Hall–Kier alpha value is -2.48. The Morgan fingerprint density at radius 3 is 2.65 bits per heavy atom. The van der Waals surface area contributed by atoms with Crippen molar-refractivity contribution in [3.05, 3.63) is 24.3 Å². The van der Waals surface area contributed by atoms with E-state index in [4.69, 9.17) is 4.74 Å². The molecule has 166 valence electrons. The molecular formula is C23H30N4O3S. The van der Waals surface area contributed by atoms with Crippen molar-refractivity contribution >= 4 is 28.3 Å². The number of rotatable bonds is 8. The van der Waals surface area contributed by atoms with Gasteiger partial charge in [0.1, 0.15) is 10.8 Å². The number of ether oxygens (including phenoxy) is 1. The van der Waals surface area contributed by atoms with Crippen LogP contribution in [0.5, 0.6) is 5.75 Å². The summed E-state index contributed by atoms with van der Waals surface area (Å²) >= 11 is 1.33. The summed E-state index contributed by atoms with van der Waals surface area (Å²) in [6, 6.07) is 7.88. The zero-order chi connectivity index (χ0) is 21.6. The van der Waals surface area contributed by atoms with Crippen LogP contribution in [0.3, 0.4) is 0 Å². The molecule has 0 saturated heterocycles.